The fourth-order valence-electron chi connectivity index (χ4n) is 0.949. The summed E-state index contributed by atoms with van der Waals surface area (Å²) in [5.74, 6) is -0.316. The largest absolute Gasteiger partial charge is 0.456 e. The molecule has 0 aromatic carbocycles. The molecule has 0 N–H and O–H groups in total. The van der Waals surface area contributed by atoms with E-state index in [0.29, 0.717) is 12.2 Å². The molecule has 0 saturated heterocycles. The van der Waals surface area contributed by atoms with Crippen molar-refractivity contribution in [1.29, 1.82) is 0 Å². The zero-order valence-electron chi connectivity index (χ0n) is 9.38. The summed E-state index contributed by atoms with van der Waals surface area (Å²) < 4.78 is 5.77. The van der Waals surface area contributed by atoms with Crippen LogP contribution in [0.25, 0.3) is 0 Å². The Kier molecular flexibility index (Phi) is 5.16. The van der Waals surface area contributed by atoms with Gasteiger partial charge in [0.25, 0.3) is 0 Å². The minimum atomic E-state index is -0.316. The Labute approximate surface area is 86.3 Å². The van der Waals surface area contributed by atoms with Crippen molar-refractivity contribution in [3.63, 3.8) is 0 Å². The van der Waals surface area contributed by atoms with E-state index in [2.05, 4.69) is 27.3 Å². The normalized spacial score (nSPS) is 10.8. The summed E-state index contributed by atoms with van der Waals surface area (Å²) >= 11 is 0. The third-order valence-corrected chi connectivity index (χ3v) is 1.90. The predicted octanol–water partition coefficient (Wildman–Crippen LogP) is 1.37. The van der Waals surface area contributed by atoms with Gasteiger partial charge in [0, 0.05) is 5.57 Å². The Morgan fingerprint density at radius 1 is 1.50 bits per heavy atom. The average molecular weight is 198 g/mol. The van der Waals surface area contributed by atoms with Crippen LogP contribution in [0.5, 0.6) is 0 Å². The predicted molar refractivity (Wildman–Crippen MR) is 57.8 cm³/mol. The quantitative estimate of drug-likeness (QED) is 0.279. The van der Waals surface area contributed by atoms with Crippen molar-refractivity contribution in [2.75, 3.05) is 33.8 Å². The molecule has 0 heterocycles. The summed E-state index contributed by atoms with van der Waals surface area (Å²) in [6, 6.07) is 0. The van der Waals surface area contributed by atoms with Crippen LogP contribution in [0, 0.1) is 0 Å². The smallest absolute Gasteiger partial charge is 0.333 e. The molecule has 3 heteroatoms. The molecule has 0 atom stereocenters. The van der Waals surface area contributed by atoms with Gasteiger partial charge in [-0.3, -0.25) is 0 Å². The van der Waals surface area contributed by atoms with Crippen LogP contribution in [-0.2, 0) is 9.53 Å². The number of rotatable bonds is 6. The number of carbonyl (C=O) groups is 1. The van der Waals surface area contributed by atoms with Gasteiger partial charge in [-0.1, -0.05) is 13.2 Å². The molecule has 0 aromatic heterocycles. The molecular formula is C11H20NO2+. The summed E-state index contributed by atoms with van der Waals surface area (Å²) in [6.07, 6.45) is 1.86. The van der Waals surface area contributed by atoms with Gasteiger partial charge in [0.2, 0.25) is 0 Å². The Morgan fingerprint density at radius 3 is 2.50 bits per heavy atom. The van der Waals surface area contributed by atoms with E-state index < -0.39 is 0 Å². The molecule has 0 aromatic rings. The first-order valence-electron chi connectivity index (χ1n) is 4.64. The molecule has 14 heavy (non-hydrogen) atoms. The number of ether oxygens (including phenoxy) is 1. The summed E-state index contributed by atoms with van der Waals surface area (Å²) in [4.78, 5) is 11.0. The lowest BCUT2D eigenvalue weighted by atomic mass is 10.4. The second-order valence-corrected chi connectivity index (χ2v) is 4.05. The molecule has 0 rings (SSSR count). The van der Waals surface area contributed by atoms with Gasteiger partial charge >= 0.3 is 5.97 Å². The highest BCUT2D eigenvalue weighted by molar-refractivity contribution is 5.86. The molecule has 0 saturated carbocycles. The van der Waals surface area contributed by atoms with E-state index in [-0.39, 0.29) is 5.97 Å². The zero-order valence-corrected chi connectivity index (χ0v) is 9.38. The van der Waals surface area contributed by atoms with Gasteiger partial charge in [0.1, 0.15) is 13.2 Å². The summed E-state index contributed by atoms with van der Waals surface area (Å²) in [5, 5.41) is 0. The van der Waals surface area contributed by atoms with Gasteiger partial charge in [0.05, 0.1) is 20.6 Å². The van der Waals surface area contributed by atoms with Crippen LogP contribution in [0.1, 0.15) is 6.92 Å². The Morgan fingerprint density at radius 2 is 2.07 bits per heavy atom. The summed E-state index contributed by atoms with van der Waals surface area (Å²) in [6.45, 7) is 10.9. The standard InChI is InChI=1S/C11H20NO2/c1-6-7-12(4,5)8-9-14-11(13)10(2)3/h6H,1-2,7-9H2,3-5H3/q+1. The number of carbonyl (C=O) groups excluding carboxylic acids is 1. The van der Waals surface area contributed by atoms with Crippen LogP contribution in [0.3, 0.4) is 0 Å². The second-order valence-electron chi connectivity index (χ2n) is 4.05. The van der Waals surface area contributed by atoms with E-state index in [1.54, 1.807) is 6.92 Å². The maximum Gasteiger partial charge on any atom is 0.333 e. The van der Waals surface area contributed by atoms with Crippen LogP contribution in [0.2, 0.25) is 0 Å². The molecule has 80 valence electrons. The van der Waals surface area contributed by atoms with Gasteiger partial charge in [0.15, 0.2) is 0 Å². The van der Waals surface area contributed by atoms with E-state index in [9.17, 15) is 4.79 Å². The number of nitrogens with zero attached hydrogens (tertiary/aromatic N) is 1. The fourth-order valence-corrected chi connectivity index (χ4v) is 0.949. The van der Waals surface area contributed by atoms with Gasteiger partial charge in [-0.25, -0.2) is 4.79 Å². The Balaban J connectivity index is 3.78. The topological polar surface area (TPSA) is 26.3 Å². The summed E-state index contributed by atoms with van der Waals surface area (Å²) in [7, 11) is 4.13. The third kappa shape index (κ3) is 5.54. The molecule has 0 radical (unpaired) electrons. The van der Waals surface area contributed by atoms with Crippen LogP contribution in [0.15, 0.2) is 24.8 Å². The number of quaternary nitrogens is 1. The van der Waals surface area contributed by atoms with E-state index >= 15 is 0 Å². The molecule has 0 aliphatic heterocycles. The molecule has 0 unspecified atom stereocenters. The van der Waals surface area contributed by atoms with Crippen LogP contribution in [0.4, 0.5) is 0 Å². The van der Waals surface area contributed by atoms with Crippen molar-refractivity contribution < 1.29 is 14.0 Å². The number of hydrogen-bond acceptors (Lipinski definition) is 2. The minimum Gasteiger partial charge on any atom is -0.456 e. The van der Waals surface area contributed by atoms with Crippen molar-refractivity contribution in [1.82, 2.24) is 0 Å². The van der Waals surface area contributed by atoms with Crippen molar-refractivity contribution in [2.24, 2.45) is 0 Å². The Hall–Kier alpha value is -1.09. The van der Waals surface area contributed by atoms with Crippen LogP contribution in [-0.4, -0.2) is 44.2 Å². The fraction of sp³-hybridized carbons (Fsp3) is 0.545. The highest BCUT2D eigenvalue weighted by atomic mass is 16.5. The lowest BCUT2D eigenvalue weighted by Gasteiger charge is -2.27. The molecule has 0 fully saturated rings. The maximum atomic E-state index is 11.0. The number of hydrogen-bond donors (Lipinski definition) is 0. The molecule has 0 aliphatic carbocycles. The molecule has 0 spiro atoms. The van der Waals surface area contributed by atoms with Crippen molar-refractivity contribution >= 4 is 5.97 Å². The first-order chi connectivity index (χ1) is 6.39. The number of likely N-dealkylation sites (N-methyl/N-ethyl adjacent to an activating group) is 1. The SMILES string of the molecule is C=CC[N+](C)(C)CCOC(=O)C(=C)C. The lowest BCUT2D eigenvalue weighted by molar-refractivity contribution is -0.884. The lowest BCUT2D eigenvalue weighted by Crippen LogP contribution is -2.42. The third-order valence-electron chi connectivity index (χ3n) is 1.90. The van der Waals surface area contributed by atoms with Crippen molar-refractivity contribution in [3.8, 4) is 0 Å². The highest BCUT2D eigenvalue weighted by Gasteiger charge is 2.13. The number of esters is 1. The van der Waals surface area contributed by atoms with Gasteiger partial charge in [-0.15, -0.1) is 0 Å². The molecular weight excluding hydrogens is 178 g/mol. The monoisotopic (exact) mass is 198 g/mol. The highest BCUT2D eigenvalue weighted by Crippen LogP contribution is 1.98. The van der Waals surface area contributed by atoms with Gasteiger partial charge in [-0.2, -0.15) is 0 Å². The van der Waals surface area contributed by atoms with Gasteiger partial charge in [-0.05, 0) is 13.0 Å². The Bertz CT molecular complexity index is 231. The molecule has 0 bridgehead atoms. The summed E-state index contributed by atoms with van der Waals surface area (Å²) in [5.41, 5.74) is 0.444. The first-order valence-corrected chi connectivity index (χ1v) is 4.64. The van der Waals surface area contributed by atoms with E-state index in [1.165, 1.54) is 0 Å². The average Bonchev–Trinajstić information content (AvgIpc) is 2.03. The van der Waals surface area contributed by atoms with Crippen LogP contribution >= 0.6 is 0 Å². The van der Waals surface area contributed by atoms with E-state index in [4.69, 9.17) is 4.74 Å². The van der Waals surface area contributed by atoms with E-state index in [1.807, 2.05) is 6.08 Å². The minimum absolute atomic E-state index is 0.316. The maximum absolute atomic E-state index is 11.0. The van der Waals surface area contributed by atoms with E-state index in [0.717, 1.165) is 17.6 Å². The first kappa shape index (κ1) is 12.9. The molecule has 0 amide bonds. The zero-order chi connectivity index (χ0) is 11.2. The van der Waals surface area contributed by atoms with Crippen molar-refractivity contribution in [2.45, 2.75) is 6.92 Å². The molecule has 0 aliphatic rings. The second kappa shape index (κ2) is 5.60. The van der Waals surface area contributed by atoms with Gasteiger partial charge < -0.3 is 9.22 Å². The van der Waals surface area contributed by atoms with Crippen molar-refractivity contribution in [3.05, 3.63) is 24.8 Å². The van der Waals surface area contributed by atoms with Crippen LogP contribution < -0.4 is 0 Å². The molecule has 3 nitrogen and oxygen atoms in total.